The summed E-state index contributed by atoms with van der Waals surface area (Å²) in [4.78, 5) is 1.93. The molecular formula is C9H15NO4. The summed E-state index contributed by atoms with van der Waals surface area (Å²) in [6, 6.07) is -0.346. The molecule has 0 aromatic rings. The number of piperidine rings is 1. The lowest BCUT2D eigenvalue weighted by molar-refractivity contribution is -0.0773. The molecule has 3 aliphatic heterocycles. The van der Waals surface area contributed by atoms with E-state index in [2.05, 4.69) is 0 Å². The third kappa shape index (κ3) is 1.02. The number of hydrogen-bond acceptors (Lipinski definition) is 5. The zero-order valence-electron chi connectivity index (χ0n) is 7.83. The van der Waals surface area contributed by atoms with Gasteiger partial charge in [-0.05, 0) is 12.8 Å². The third-order valence-electron chi connectivity index (χ3n) is 3.71. The molecule has 3 saturated heterocycles. The average Bonchev–Trinajstić information content (AvgIpc) is 2.86. The lowest BCUT2D eigenvalue weighted by Crippen LogP contribution is -2.55. The molecule has 14 heavy (non-hydrogen) atoms. The van der Waals surface area contributed by atoms with E-state index in [0.29, 0.717) is 19.6 Å². The monoisotopic (exact) mass is 201 g/mol. The van der Waals surface area contributed by atoms with E-state index in [1.165, 1.54) is 0 Å². The van der Waals surface area contributed by atoms with Crippen LogP contribution in [0.1, 0.15) is 12.8 Å². The second kappa shape index (κ2) is 2.68. The van der Waals surface area contributed by atoms with Gasteiger partial charge in [-0.15, -0.1) is 0 Å². The Balaban J connectivity index is 1.89. The number of epoxide rings is 1. The van der Waals surface area contributed by atoms with Crippen LogP contribution in [0, 0.1) is 0 Å². The SMILES string of the molecule is O[C@H]1[C@H]2[C@H](O)CCC3(CO3)N2C[C@H]1O. The first-order chi connectivity index (χ1) is 6.64. The Morgan fingerprint density at radius 2 is 1.93 bits per heavy atom. The number of ether oxygens (including phenoxy) is 1. The molecule has 0 saturated carbocycles. The van der Waals surface area contributed by atoms with Crippen LogP contribution in [0.4, 0.5) is 0 Å². The molecule has 3 heterocycles. The highest BCUT2D eigenvalue weighted by Gasteiger charge is 2.61. The maximum Gasteiger partial charge on any atom is 0.146 e. The maximum absolute atomic E-state index is 9.76. The molecule has 0 aromatic carbocycles. The van der Waals surface area contributed by atoms with Gasteiger partial charge in [0.25, 0.3) is 0 Å². The van der Waals surface area contributed by atoms with Gasteiger partial charge in [-0.2, -0.15) is 0 Å². The van der Waals surface area contributed by atoms with Crippen molar-refractivity contribution in [2.45, 2.75) is 42.9 Å². The highest BCUT2D eigenvalue weighted by atomic mass is 16.6. The van der Waals surface area contributed by atoms with Crippen molar-refractivity contribution in [1.29, 1.82) is 0 Å². The predicted molar refractivity (Wildman–Crippen MR) is 46.4 cm³/mol. The summed E-state index contributed by atoms with van der Waals surface area (Å²) in [5, 5.41) is 29.0. The van der Waals surface area contributed by atoms with Crippen LogP contribution < -0.4 is 0 Å². The average molecular weight is 201 g/mol. The normalized spacial score (nSPS) is 57.6. The van der Waals surface area contributed by atoms with E-state index in [0.717, 1.165) is 6.42 Å². The summed E-state index contributed by atoms with van der Waals surface area (Å²) in [5.74, 6) is 0. The van der Waals surface area contributed by atoms with Gasteiger partial charge >= 0.3 is 0 Å². The molecule has 5 heteroatoms. The number of rotatable bonds is 0. The predicted octanol–water partition coefficient (Wildman–Crippen LogP) is -1.73. The minimum absolute atomic E-state index is 0.275. The van der Waals surface area contributed by atoms with Crippen molar-refractivity contribution in [2.24, 2.45) is 0 Å². The summed E-state index contributed by atoms with van der Waals surface area (Å²) in [6.07, 6.45) is -0.702. The second-order valence-electron chi connectivity index (χ2n) is 4.54. The maximum atomic E-state index is 9.76. The minimum Gasteiger partial charge on any atom is -0.391 e. The Bertz CT molecular complexity index is 255. The fraction of sp³-hybridized carbons (Fsp3) is 1.00. The van der Waals surface area contributed by atoms with Crippen LogP contribution in [0.3, 0.4) is 0 Å². The molecule has 0 radical (unpaired) electrons. The Morgan fingerprint density at radius 3 is 2.57 bits per heavy atom. The Hall–Kier alpha value is -0.200. The van der Waals surface area contributed by atoms with Crippen LogP contribution >= 0.6 is 0 Å². The first kappa shape index (κ1) is 9.06. The van der Waals surface area contributed by atoms with Crippen molar-refractivity contribution in [2.75, 3.05) is 13.2 Å². The number of aliphatic hydroxyl groups excluding tert-OH is 3. The summed E-state index contributed by atoms with van der Waals surface area (Å²) >= 11 is 0. The van der Waals surface area contributed by atoms with E-state index >= 15 is 0 Å². The molecule has 5 nitrogen and oxygen atoms in total. The smallest absolute Gasteiger partial charge is 0.146 e. The molecule has 0 bridgehead atoms. The molecule has 0 aliphatic carbocycles. The van der Waals surface area contributed by atoms with Gasteiger partial charge in [0, 0.05) is 6.54 Å². The van der Waals surface area contributed by atoms with Crippen LogP contribution in [0.15, 0.2) is 0 Å². The Labute approximate surface area is 81.9 Å². The summed E-state index contributed by atoms with van der Waals surface area (Å²) in [5.41, 5.74) is -0.275. The van der Waals surface area contributed by atoms with Gasteiger partial charge in [-0.25, -0.2) is 0 Å². The van der Waals surface area contributed by atoms with Crippen molar-refractivity contribution >= 4 is 0 Å². The topological polar surface area (TPSA) is 76.5 Å². The molecule has 5 atom stereocenters. The van der Waals surface area contributed by atoms with Gasteiger partial charge < -0.3 is 20.1 Å². The first-order valence-corrected chi connectivity index (χ1v) is 5.09. The number of nitrogens with zero attached hydrogens (tertiary/aromatic N) is 1. The highest BCUT2D eigenvalue weighted by molar-refractivity contribution is 5.09. The molecule has 0 amide bonds. The van der Waals surface area contributed by atoms with Gasteiger partial charge in [-0.1, -0.05) is 0 Å². The standard InChI is InChI=1S/C9H15NO4/c11-5-1-2-9(4-14-9)10-3-6(12)8(13)7(5)10/h5-8,11-13H,1-4H2/t5-,6-,7-,8-,9?/m1/s1. The van der Waals surface area contributed by atoms with E-state index in [1.54, 1.807) is 0 Å². The number of hydrogen-bond donors (Lipinski definition) is 3. The van der Waals surface area contributed by atoms with Crippen molar-refractivity contribution in [3.05, 3.63) is 0 Å². The second-order valence-corrected chi connectivity index (χ2v) is 4.54. The highest BCUT2D eigenvalue weighted by Crippen LogP contribution is 2.46. The molecule has 3 aliphatic rings. The minimum atomic E-state index is -0.841. The number of aliphatic hydroxyl groups is 3. The van der Waals surface area contributed by atoms with Crippen LogP contribution in [-0.4, -0.2) is 63.4 Å². The lowest BCUT2D eigenvalue weighted by Gasteiger charge is -2.39. The Kier molecular flexibility index (Phi) is 1.73. The fourth-order valence-corrected chi connectivity index (χ4v) is 2.80. The van der Waals surface area contributed by atoms with Gasteiger partial charge in [0.05, 0.1) is 31.0 Å². The van der Waals surface area contributed by atoms with Crippen molar-refractivity contribution < 1.29 is 20.1 Å². The summed E-state index contributed by atoms with van der Waals surface area (Å²) in [7, 11) is 0. The molecule has 3 rings (SSSR count). The van der Waals surface area contributed by atoms with Gasteiger partial charge in [-0.3, -0.25) is 4.90 Å². The molecule has 3 N–H and O–H groups in total. The quantitative estimate of drug-likeness (QED) is 0.406. The molecule has 0 aromatic heterocycles. The zero-order valence-corrected chi connectivity index (χ0v) is 7.83. The molecular weight excluding hydrogens is 186 g/mol. The Morgan fingerprint density at radius 1 is 1.21 bits per heavy atom. The van der Waals surface area contributed by atoms with Crippen LogP contribution in [0.5, 0.6) is 0 Å². The van der Waals surface area contributed by atoms with Crippen molar-refractivity contribution in [3.8, 4) is 0 Å². The van der Waals surface area contributed by atoms with Crippen molar-refractivity contribution in [1.82, 2.24) is 4.90 Å². The lowest BCUT2D eigenvalue weighted by atomic mass is 9.92. The van der Waals surface area contributed by atoms with Gasteiger partial charge in [0.2, 0.25) is 0 Å². The third-order valence-corrected chi connectivity index (χ3v) is 3.71. The zero-order chi connectivity index (χ0) is 9.92. The van der Waals surface area contributed by atoms with Crippen LogP contribution in [0.2, 0.25) is 0 Å². The van der Waals surface area contributed by atoms with Gasteiger partial charge in [0.1, 0.15) is 5.72 Å². The van der Waals surface area contributed by atoms with E-state index in [-0.39, 0.29) is 11.8 Å². The van der Waals surface area contributed by atoms with Crippen molar-refractivity contribution in [3.63, 3.8) is 0 Å². The number of fused-ring (bicyclic) bond motifs is 2. The summed E-state index contributed by atoms with van der Waals surface area (Å²) in [6.45, 7) is 1.07. The van der Waals surface area contributed by atoms with E-state index in [4.69, 9.17) is 4.74 Å². The fourth-order valence-electron chi connectivity index (χ4n) is 2.80. The molecule has 1 spiro atoms. The van der Waals surface area contributed by atoms with E-state index < -0.39 is 18.3 Å². The van der Waals surface area contributed by atoms with E-state index in [9.17, 15) is 15.3 Å². The van der Waals surface area contributed by atoms with Gasteiger partial charge in [0.15, 0.2) is 0 Å². The van der Waals surface area contributed by atoms with Crippen LogP contribution in [-0.2, 0) is 4.74 Å². The largest absolute Gasteiger partial charge is 0.391 e. The van der Waals surface area contributed by atoms with E-state index in [1.807, 2.05) is 4.90 Å². The summed E-state index contributed by atoms with van der Waals surface area (Å²) < 4.78 is 5.39. The molecule has 1 unspecified atom stereocenters. The molecule has 3 fully saturated rings. The van der Waals surface area contributed by atoms with Crippen LogP contribution in [0.25, 0.3) is 0 Å². The molecule has 80 valence electrons. The first-order valence-electron chi connectivity index (χ1n) is 5.09.